The predicted molar refractivity (Wildman–Crippen MR) is 95.5 cm³/mol. The Labute approximate surface area is 139 Å². The lowest BCUT2D eigenvalue weighted by molar-refractivity contribution is 0.299. The van der Waals surface area contributed by atoms with Crippen molar-refractivity contribution in [1.82, 2.24) is 4.98 Å². The second-order valence-corrected chi connectivity index (χ2v) is 5.87. The molecule has 3 aromatic rings. The number of fused-ring (bicyclic) bond motifs is 1. The van der Waals surface area contributed by atoms with Gasteiger partial charge in [0, 0.05) is 17.0 Å². The number of aromatic nitrogens is 1. The fourth-order valence-electron chi connectivity index (χ4n) is 2.91. The second kappa shape index (κ2) is 6.54. The Morgan fingerprint density at radius 1 is 1.17 bits per heavy atom. The van der Waals surface area contributed by atoms with Gasteiger partial charge in [-0.05, 0) is 65.9 Å². The van der Waals surface area contributed by atoms with Crippen LogP contribution in [0.25, 0.3) is 22.0 Å². The largest absolute Gasteiger partial charge is 0.396 e. The van der Waals surface area contributed by atoms with Crippen molar-refractivity contribution in [2.75, 3.05) is 12.0 Å². The second-order valence-electron chi connectivity index (χ2n) is 5.44. The monoisotopic (exact) mass is 327 g/mol. The summed E-state index contributed by atoms with van der Waals surface area (Å²) in [7, 11) is 0. The first-order valence-electron chi connectivity index (χ1n) is 7.40. The molecule has 0 amide bonds. The van der Waals surface area contributed by atoms with Gasteiger partial charge in [0.05, 0.1) is 5.52 Å². The van der Waals surface area contributed by atoms with E-state index in [9.17, 15) is 5.11 Å². The number of aryl methyl sites for hydroxylation is 1. The molecule has 118 valence electrons. The molecule has 0 saturated carbocycles. The van der Waals surface area contributed by atoms with Crippen LogP contribution in [0.3, 0.4) is 0 Å². The number of hydrazine groups is 1. The Morgan fingerprint density at radius 3 is 2.57 bits per heavy atom. The molecule has 2 aromatic carbocycles. The number of halogens is 1. The zero-order chi connectivity index (χ0) is 16.4. The third-order valence-electron chi connectivity index (χ3n) is 3.97. The van der Waals surface area contributed by atoms with E-state index < -0.39 is 0 Å². The van der Waals surface area contributed by atoms with E-state index in [1.807, 2.05) is 49.4 Å². The van der Waals surface area contributed by atoms with Gasteiger partial charge in [-0.3, -0.25) is 0 Å². The Bertz CT molecular complexity index is 847. The highest BCUT2D eigenvalue weighted by Crippen LogP contribution is 2.35. The highest BCUT2D eigenvalue weighted by atomic mass is 35.5. The summed E-state index contributed by atoms with van der Waals surface area (Å²) in [6.45, 7) is 2.14. The molecule has 23 heavy (non-hydrogen) atoms. The molecule has 0 unspecified atom stereocenters. The van der Waals surface area contributed by atoms with Gasteiger partial charge in [-0.25, -0.2) is 10.8 Å². The summed E-state index contributed by atoms with van der Waals surface area (Å²) in [5.74, 6) is 6.08. The van der Waals surface area contributed by atoms with Crippen LogP contribution in [0.1, 0.15) is 11.1 Å². The van der Waals surface area contributed by atoms with Crippen molar-refractivity contribution < 1.29 is 5.11 Å². The topological polar surface area (TPSA) is 71.2 Å². The number of anilines is 1. The molecule has 0 radical (unpaired) electrons. The molecule has 0 fully saturated rings. The zero-order valence-electron chi connectivity index (χ0n) is 12.8. The maximum Gasteiger partial charge on any atom is 0.140 e. The quantitative estimate of drug-likeness (QED) is 0.505. The summed E-state index contributed by atoms with van der Waals surface area (Å²) in [4.78, 5) is 4.53. The van der Waals surface area contributed by atoms with Gasteiger partial charge in [0.15, 0.2) is 0 Å². The Morgan fingerprint density at radius 2 is 1.91 bits per heavy atom. The molecule has 0 aliphatic carbocycles. The number of nitrogens with zero attached hydrogens (tertiary/aromatic N) is 1. The van der Waals surface area contributed by atoms with Crippen molar-refractivity contribution in [3.8, 4) is 11.1 Å². The molecule has 0 bridgehead atoms. The van der Waals surface area contributed by atoms with Gasteiger partial charge in [0.25, 0.3) is 0 Å². The average Bonchev–Trinajstić information content (AvgIpc) is 2.56. The normalized spacial score (nSPS) is 11.0. The van der Waals surface area contributed by atoms with Gasteiger partial charge in [-0.2, -0.15) is 0 Å². The van der Waals surface area contributed by atoms with Gasteiger partial charge in [-0.15, -0.1) is 0 Å². The fraction of sp³-hybridized carbons (Fsp3) is 0.167. The number of rotatable bonds is 4. The van der Waals surface area contributed by atoms with Crippen LogP contribution in [-0.2, 0) is 6.42 Å². The fourth-order valence-corrected chi connectivity index (χ4v) is 3.03. The summed E-state index contributed by atoms with van der Waals surface area (Å²) < 4.78 is 0. The van der Waals surface area contributed by atoms with E-state index in [0.717, 1.165) is 33.2 Å². The lowest BCUT2D eigenvalue weighted by atomic mass is 9.90. The van der Waals surface area contributed by atoms with Gasteiger partial charge < -0.3 is 10.5 Å². The van der Waals surface area contributed by atoms with Crippen LogP contribution in [0.15, 0.2) is 42.5 Å². The third kappa shape index (κ3) is 3.01. The summed E-state index contributed by atoms with van der Waals surface area (Å²) in [6.07, 6.45) is 0.594. The van der Waals surface area contributed by atoms with Crippen LogP contribution >= 0.6 is 11.6 Å². The molecule has 4 nitrogen and oxygen atoms in total. The molecule has 1 heterocycles. The number of aliphatic hydroxyl groups excluding tert-OH is 1. The molecule has 0 atom stereocenters. The summed E-state index contributed by atoms with van der Waals surface area (Å²) in [5.41, 5.74) is 7.80. The molecule has 0 spiro atoms. The predicted octanol–water partition coefficient (Wildman–Crippen LogP) is 3.68. The van der Waals surface area contributed by atoms with E-state index in [4.69, 9.17) is 17.4 Å². The number of benzene rings is 2. The lowest BCUT2D eigenvalue weighted by Crippen LogP contribution is -2.08. The van der Waals surface area contributed by atoms with Crippen molar-refractivity contribution >= 4 is 28.3 Å². The molecule has 3 rings (SSSR count). The minimum Gasteiger partial charge on any atom is -0.396 e. The zero-order valence-corrected chi connectivity index (χ0v) is 13.6. The van der Waals surface area contributed by atoms with Crippen LogP contribution in [0.2, 0.25) is 5.02 Å². The summed E-state index contributed by atoms with van der Waals surface area (Å²) in [5, 5.41) is 11.2. The Balaban J connectivity index is 2.34. The lowest BCUT2D eigenvalue weighted by Gasteiger charge is -2.16. The highest BCUT2D eigenvalue weighted by Gasteiger charge is 2.14. The van der Waals surface area contributed by atoms with E-state index in [0.29, 0.717) is 17.3 Å². The van der Waals surface area contributed by atoms with E-state index in [2.05, 4.69) is 10.4 Å². The van der Waals surface area contributed by atoms with Gasteiger partial charge >= 0.3 is 0 Å². The molecular weight excluding hydrogens is 310 g/mol. The number of pyridine rings is 1. The maximum absolute atomic E-state index is 9.45. The number of nitrogens with two attached hydrogens (primary N) is 1. The SMILES string of the molecule is Cc1cc2nc(NN)ccc2c(-c2ccc(Cl)cc2)c1CCO. The minimum absolute atomic E-state index is 0.100. The molecule has 0 aliphatic rings. The van der Waals surface area contributed by atoms with Crippen molar-refractivity contribution in [3.05, 3.63) is 58.6 Å². The van der Waals surface area contributed by atoms with Crippen LogP contribution in [0, 0.1) is 6.92 Å². The molecule has 0 saturated heterocycles. The van der Waals surface area contributed by atoms with Crippen LogP contribution in [0.5, 0.6) is 0 Å². The van der Waals surface area contributed by atoms with Crippen LogP contribution in [-0.4, -0.2) is 16.7 Å². The number of aliphatic hydroxyl groups is 1. The smallest absolute Gasteiger partial charge is 0.140 e. The average molecular weight is 328 g/mol. The number of nitrogens with one attached hydrogen (secondary N) is 1. The van der Waals surface area contributed by atoms with Crippen molar-refractivity contribution in [3.63, 3.8) is 0 Å². The van der Waals surface area contributed by atoms with Gasteiger partial charge in [0.1, 0.15) is 5.82 Å². The first-order valence-corrected chi connectivity index (χ1v) is 7.78. The van der Waals surface area contributed by atoms with Gasteiger partial charge in [-0.1, -0.05) is 23.7 Å². The van der Waals surface area contributed by atoms with Crippen molar-refractivity contribution in [1.29, 1.82) is 0 Å². The number of hydrogen-bond acceptors (Lipinski definition) is 4. The van der Waals surface area contributed by atoms with E-state index in [-0.39, 0.29) is 6.61 Å². The number of nitrogen functional groups attached to an aromatic ring is 1. The van der Waals surface area contributed by atoms with E-state index in [1.165, 1.54) is 0 Å². The van der Waals surface area contributed by atoms with Crippen LogP contribution in [0.4, 0.5) is 5.82 Å². The molecule has 1 aromatic heterocycles. The molecule has 4 N–H and O–H groups in total. The summed E-state index contributed by atoms with van der Waals surface area (Å²) >= 11 is 6.01. The maximum atomic E-state index is 9.45. The van der Waals surface area contributed by atoms with Gasteiger partial charge in [0.2, 0.25) is 0 Å². The first kappa shape index (κ1) is 15.7. The van der Waals surface area contributed by atoms with Crippen LogP contribution < -0.4 is 11.3 Å². The number of hydrogen-bond donors (Lipinski definition) is 3. The molecule has 5 heteroatoms. The van der Waals surface area contributed by atoms with Crippen molar-refractivity contribution in [2.24, 2.45) is 5.84 Å². The standard InChI is InChI=1S/C18H18ClN3O/c1-11-10-16-15(6-7-17(21-16)22-20)18(14(11)8-9-23)12-2-4-13(19)5-3-12/h2-7,10,23H,8-9,20H2,1H3,(H,21,22). The first-order chi connectivity index (χ1) is 11.1. The third-order valence-corrected chi connectivity index (χ3v) is 4.22. The summed E-state index contributed by atoms with van der Waals surface area (Å²) in [6, 6.07) is 13.6. The Kier molecular flexibility index (Phi) is 4.48. The van der Waals surface area contributed by atoms with E-state index >= 15 is 0 Å². The van der Waals surface area contributed by atoms with E-state index in [1.54, 1.807) is 0 Å². The highest BCUT2D eigenvalue weighted by molar-refractivity contribution is 6.30. The Hall–Kier alpha value is -2.14. The van der Waals surface area contributed by atoms with Crippen molar-refractivity contribution in [2.45, 2.75) is 13.3 Å². The molecule has 0 aliphatic heterocycles. The minimum atomic E-state index is 0.100. The molecular formula is C18H18ClN3O.